The Morgan fingerprint density at radius 2 is 2.29 bits per heavy atom. The molecule has 1 fully saturated rings. The number of rotatable bonds is 5. The van der Waals surface area contributed by atoms with Gasteiger partial charge in [0, 0.05) is 36.3 Å². The van der Waals surface area contributed by atoms with Gasteiger partial charge in [0.05, 0.1) is 5.69 Å². The molecule has 0 radical (unpaired) electrons. The number of aromatic nitrogens is 2. The van der Waals surface area contributed by atoms with E-state index in [2.05, 4.69) is 16.5 Å². The highest BCUT2D eigenvalue weighted by atomic mass is 32.1. The molecule has 0 bridgehead atoms. The Morgan fingerprint density at radius 3 is 3.00 bits per heavy atom. The number of hydrogen-bond donors (Lipinski definition) is 0. The normalized spacial score (nSPS) is 16.1. The van der Waals surface area contributed by atoms with Gasteiger partial charge in [0.15, 0.2) is 4.96 Å². The van der Waals surface area contributed by atoms with E-state index in [1.807, 2.05) is 18.4 Å². The van der Waals surface area contributed by atoms with Crippen LogP contribution in [0.1, 0.15) is 37.1 Å². The lowest BCUT2D eigenvalue weighted by molar-refractivity contribution is 0.209. The summed E-state index contributed by atoms with van der Waals surface area (Å²) in [6.45, 7) is 7.39. The van der Waals surface area contributed by atoms with Gasteiger partial charge in [0.1, 0.15) is 0 Å². The van der Waals surface area contributed by atoms with E-state index in [9.17, 15) is 4.79 Å². The Bertz CT molecular complexity index is 697. The van der Waals surface area contributed by atoms with Gasteiger partial charge in [-0.15, -0.1) is 17.9 Å². The zero-order chi connectivity index (χ0) is 14.8. The largest absolute Gasteiger partial charge is 0.291 e. The molecule has 0 aliphatic heterocycles. The number of aryl methyl sites for hydroxylation is 1. The molecule has 0 saturated heterocycles. The van der Waals surface area contributed by atoms with Crippen molar-refractivity contribution < 1.29 is 0 Å². The third-order valence-corrected chi connectivity index (χ3v) is 5.14. The molecule has 0 spiro atoms. The van der Waals surface area contributed by atoms with Crippen molar-refractivity contribution in [3.8, 4) is 0 Å². The van der Waals surface area contributed by atoms with Crippen LogP contribution in [0, 0.1) is 6.92 Å². The van der Waals surface area contributed by atoms with Crippen LogP contribution in [0.5, 0.6) is 0 Å². The standard InChI is InChI=1S/C16H21N3OS/c1-3-8-18(14-6-4-5-7-14)10-13-9-15(20)19-12(2)11-21-16(19)17-13/h3,9,11,14H,1,4-8,10H2,2H3. The smallest absolute Gasteiger partial charge is 0.259 e. The second-order valence-electron chi connectivity index (χ2n) is 5.74. The lowest BCUT2D eigenvalue weighted by atomic mass is 10.2. The summed E-state index contributed by atoms with van der Waals surface area (Å²) in [5.74, 6) is 0. The Balaban J connectivity index is 1.88. The maximum atomic E-state index is 12.2. The van der Waals surface area contributed by atoms with Crippen LogP contribution in [0.4, 0.5) is 0 Å². The number of thiazole rings is 1. The first kappa shape index (κ1) is 14.5. The lowest BCUT2D eigenvalue weighted by Crippen LogP contribution is -2.33. The molecule has 2 heterocycles. The highest BCUT2D eigenvalue weighted by Gasteiger charge is 2.22. The third kappa shape index (κ3) is 2.94. The van der Waals surface area contributed by atoms with Gasteiger partial charge in [-0.2, -0.15) is 0 Å². The molecular weight excluding hydrogens is 282 g/mol. The summed E-state index contributed by atoms with van der Waals surface area (Å²) in [6, 6.07) is 2.28. The molecule has 0 N–H and O–H groups in total. The molecular formula is C16H21N3OS. The summed E-state index contributed by atoms with van der Waals surface area (Å²) in [5, 5.41) is 1.98. The van der Waals surface area contributed by atoms with Crippen molar-refractivity contribution in [2.45, 2.75) is 45.2 Å². The van der Waals surface area contributed by atoms with Crippen molar-refractivity contribution in [1.29, 1.82) is 0 Å². The average molecular weight is 303 g/mol. The Morgan fingerprint density at radius 1 is 1.52 bits per heavy atom. The summed E-state index contributed by atoms with van der Waals surface area (Å²) in [5.41, 5.74) is 1.85. The van der Waals surface area contributed by atoms with Crippen molar-refractivity contribution in [3.63, 3.8) is 0 Å². The molecule has 2 aromatic rings. The predicted octanol–water partition coefficient (Wildman–Crippen LogP) is 3.00. The Kier molecular flexibility index (Phi) is 4.22. The van der Waals surface area contributed by atoms with Crippen molar-refractivity contribution in [2.24, 2.45) is 0 Å². The number of nitrogens with zero attached hydrogens (tertiary/aromatic N) is 3. The summed E-state index contributed by atoms with van der Waals surface area (Å²) in [7, 11) is 0. The average Bonchev–Trinajstić information content (AvgIpc) is 3.08. The fourth-order valence-corrected chi connectivity index (χ4v) is 4.06. The van der Waals surface area contributed by atoms with Crippen LogP contribution in [0.25, 0.3) is 4.96 Å². The van der Waals surface area contributed by atoms with E-state index < -0.39 is 0 Å². The molecule has 0 aromatic carbocycles. The van der Waals surface area contributed by atoms with Gasteiger partial charge in [-0.25, -0.2) is 4.98 Å². The first-order chi connectivity index (χ1) is 10.2. The van der Waals surface area contributed by atoms with Crippen molar-refractivity contribution in [3.05, 3.63) is 45.8 Å². The second kappa shape index (κ2) is 6.12. The zero-order valence-electron chi connectivity index (χ0n) is 12.4. The van der Waals surface area contributed by atoms with Crippen LogP contribution in [-0.2, 0) is 6.54 Å². The van der Waals surface area contributed by atoms with Crippen molar-refractivity contribution >= 4 is 16.3 Å². The molecule has 5 heteroatoms. The Labute approximate surface area is 128 Å². The van der Waals surface area contributed by atoms with Crippen LogP contribution >= 0.6 is 11.3 Å². The molecule has 21 heavy (non-hydrogen) atoms. The van der Waals surface area contributed by atoms with Gasteiger partial charge in [0.2, 0.25) is 0 Å². The minimum Gasteiger partial charge on any atom is -0.291 e. The van der Waals surface area contributed by atoms with Crippen LogP contribution in [0.15, 0.2) is 28.9 Å². The van der Waals surface area contributed by atoms with Crippen molar-refractivity contribution in [2.75, 3.05) is 6.54 Å². The molecule has 1 saturated carbocycles. The van der Waals surface area contributed by atoms with Gasteiger partial charge in [0.25, 0.3) is 5.56 Å². The minimum atomic E-state index is 0.0266. The topological polar surface area (TPSA) is 37.6 Å². The summed E-state index contributed by atoms with van der Waals surface area (Å²) in [4.78, 5) is 20.1. The third-order valence-electron chi connectivity index (χ3n) is 4.20. The van der Waals surface area contributed by atoms with Gasteiger partial charge in [-0.1, -0.05) is 18.9 Å². The van der Waals surface area contributed by atoms with Crippen molar-refractivity contribution in [1.82, 2.24) is 14.3 Å². The first-order valence-electron chi connectivity index (χ1n) is 7.51. The molecule has 112 valence electrons. The van der Waals surface area contributed by atoms with E-state index in [-0.39, 0.29) is 5.56 Å². The zero-order valence-corrected chi connectivity index (χ0v) is 13.2. The predicted molar refractivity (Wildman–Crippen MR) is 86.9 cm³/mol. The van der Waals surface area contributed by atoms with Gasteiger partial charge in [-0.05, 0) is 19.8 Å². The summed E-state index contributed by atoms with van der Waals surface area (Å²) in [6.07, 6.45) is 7.04. The summed E-state index contributed by atoms with van der Waals surface area (Å²) >= 11 is 1.53. The molecule has 0 amide bonds. The Hall–Kier alpha value is -1.46. The first-order valence-corrected chi connectivity index (χ1v) is 8.38. The van der Waals surface area contributed by atoms with E-state index in [1.54, 1.807) is 10.5 Å². The highest BCUT2D eigenvalue weighted by molar-refractivity contribution is 7.15. The molecule has 4 nitrogen and oxygen atoms in total. The maximum Gasteiger partial charge on any atom is 0.259 e. The van der Waals surface area contributed by atoms with Gasteiger partial charge < -0.3 is 0 Å². The molecule has 1 aliphatic carbocycles. The monoisotopic (exact) mass is 303 g/mol. The maximum absolute atomic E-state index is 12.2. The van der Waals surface area contributed by atoms with E-state index in [4.69, 9.17) is 0 Å². The fourth-order valence-electron chi connectivity index (χ4n) is 3.17. The number of fused-ring (bicyclic) bond motifs is 1. The van der Waals surface area contributed by atoms with E-state index in [0.717, 1.165) is 29.4 Å². The van der Waals surface area contributed by atoms with Gasteiger partial charge in [-0.3, -0.25) is 14.1 Å². The second-order valence-corrected chi connectivity index (χ2v) is 6.57. The van der Waals surface area contributed by atoms with Crippen LogP contribution in [0.3, 0.4) is 0 Å². The molecule has 0 unspecified atom stereocenters. The molecule has 1 aliphatic rings. The minimum absolute atomic E-state index is 0.0266. The SMILES string of the molecule is C=CCN(Cc1cc(=O)n2c(C)csc2n1)C1CCCC1. The van der Waals surface area contributed by atoms with E-state index in [1.165, 1.54) is 37.0 Å². The molecule has 3 rings (SSSR count). The fraction of sp³-hybridized carbons (Fsp3) is 0.500. The van der Waals surface area contributed by atoms with Gasteiger partial charge >= 0.3 is 0 Å². The summed E-state index contributed by atoms with van der Waals surface area (Å²) < 4.78 is 1.68. The highest BCUT2D eigenvalue weighted by Crippen LogP contribution is 2.24. The van der Waals surface area contributed by atoms with Crippen LogP contribution in [0.2, 0.25) is 0 Å². The van der Waals surface area contributed by atoms with Crippen LogP contribution < -0.4 is 5.56 Å². The van der Waals surface area contributed by atoms with E-state index in [0.29, 0.717) is 6.04 Å². The quantitative estimate of drug-likeness (QED) is 0.797. The lowest BCUT2D eigenvalue weighted by Gasteiger charge is -2.27. The molecule has 0 atom stereocenters. The van der Waals surface area contributed by atoms with Crippen LogP contribution in [-0.4, -0.2) is 26.9 Å². The van der Waals surface area contributed by atoms with E-state index >= 15 is 0 Å². The number of hydrogen-bond acceptors (Lipinski definition) is 4. The molecule has 2 aromatic heterocycles.